The van der Waals surface area contributed by atoms with Gasteiger partial charge in [0.1, 0.15) is 12.4 Å². The quantitative estimate of drug-likeness (QED) is 0.217. The number of halogens is 3. The maximum Gasteiger partial charge on any atom is 0.306 e. The Morgan fingerprint density at radius 1 is 1.08 bits per heavy atom. The summed E-state index contributed by atoms with van der Waals surface area (Å²) in [5, 5.41) is 6.40. The van der Waals surface area contributed by atoms with Crippen LogP contribution in [0.25, 0.3) is 10.8 Å². The second-order valence-electron chi connectivity index (χ2n) is 10.4. The second kappa shape index (κ2) is 13.3. The highest BCUT2D eigenvalue weighted by Gasteiger charge is 2.36. The molecule has 0 bridgehead atoms. The van der Waals surface area contributed by atoms with Crippen molar-refractivity contribution < 1.29 is 18.7 Å². The van der Waals surface area contributed by atoms with Crippen molar-refractivity contribution in [2.75, 3.05) is 51.3 Å². The molecule has 0 amide bonds. The van der Waals surface area contributed by atoms with Crippen molar-refractivity contribution in [1.82, 2.24) is 4.90 Å². The Morgan fingerprint density at radius 2 is 1.87 bits per heavy atom. The highest BCUT2D eigenvalue weighted by atomic mass is 35.5. The monoisotopic (exact) mass is 572 g/mol. The van der Waals surface area contributed by atoms with Gasteiger partial charge in [-0.1, -0.05) is 48.0 Å². The molecule has 1 heterocycles. The summed E-state index contributed by atoms with van der Waals surface area (Å²) in [6.45, 7) is 4.88. The average Bonchev–Trinajstić information content (AvgIpc) is 3.32. The summed E-state index contributed by atoms with van der Waals surface area (Å²) >= 11 is 13.1. The van der Waals surface area contributed by atoms with Gasteiger partial charge in [0.2, 0.25) is 0 Å². The SMILES string of the molecule is O=C(CCc1ccc([C@H]2CCC(Cl)[C@@H]2CNc2ccc(Cl)c3ccccc23)cc1F)OCCN1CCOCC1. The third-order valence-corrected chi connectivity index (χ3v) is 8.88. The maximum absolute atomic E-state index is 15.1. The summed E-state index contributed by atoms with van der Waals surface area (Å²) < 4.78 is 25.8. The van der Waals surface area contributed by atoms with E-state index in [4.69, 9.17) is 32.7 Å². The van der Waals surface area contributed by atoms with Gasteiger partial charge in [-0.3, -0.25) is 9.69 Å². The predicted molar refractivity (Wildman–Crippen MR) is 155 cm³/mol. The van der Waals surface area contributed by atoms with E-state index in [1.54, 1.807) is 6.07 Å². The van der Waals surface area contributed by atoms with E-state index < -0.39 is 0 Å². The van der Waals surface area contributed by atoms with Crippen LogP contribution < -0.4 is 5.32 Å². The van der Waals surface area contributed by atoms with Crippen LogP contribution in [0.4, 0.5) is 10.1 Å². The summed E-state index contributed by atoms with van der Waals surface area (Å²) in [4.78, 5) is 14.4. The lowest BCUT2D eigenvalue weighted by atomic mass is 9.87. The average molecular weight is 574 g/mol. The first-order valence-electron chi connectivity index (χ1n) is 13.8. The molecule has 2 fully saturated rings. The molecule has 1 N–H and O–H groups in total. The van der Waals surface area contributed by atoms with Gasteiger partial charge in [-0.25, -0.2) is 4.39 Å². The molecule has 2 aliphatic rings. The molecule has 3 aromatic rings. The summed E-state index contributed by atoms with van der Waals surface area (Å²) in [6, 6.07) is 17.4. The molecule has 3 aromatic carbocycles. The van der Waals surface area contributed by atoms with E-state index in [1.165, 1.54) is 0 Å². The normalized spacial score (nSPS) is 21.8. The maximum atomic E-state index is 15.1. The Kier molecular flexibility index (Phi) is 9.62. The van der Waals surface area contributed by atoms with Gasteiger partial charge in [-0.15, -0.1) is 11.6 Å². The highest BCUT2D eigenvalue weighted by Crippen LogP contribution is 2.43. The molecule has 1 aliphatic carbocycles. The van der Waals surface area contributed by atoms with E-state index >= 15 is 4.39 Å². The van der Waals surface area contributed by atoms with Crippen molar-refractivity contribution in [3.05, 3.63) is 76.6 Å². The smallest absolute Gasteiger partial charge is 0.306 e. The number of anilines is 1. The number of hydrogen-bond acceptors (Lipinski definition) is 5. The number of nitrogens with zero attached hydrogens (tertiary/aromatic N) is 1. The third-order valence-electron chi connectivity index (χ3n) is 8.01. The van der Waals surface area contributed by atoms with E-state index in [0.717, 1.165) is 53.0 Å². The van der Waals surface area contributed by atoms with Crippen molar-refractivity contribution in [2.45, 2.75) is 37.0 Å². The van der Waals surface area contributed by atoms with Gasteiger partial charge in [-0.05, 0) is 60.4 Å². The van der Waals surface area contributed by atoms with E-state index in [2.05, 4.69) is 16.3 Å². The molecule has 0 spiro atoms. The molecule has 39 heavy (non-hydrogen) atoms. The minimum Gasteiger partial charge on any atom is -0.464 e. The number of fused-ring (bicyclic) bond motifs is 1. The fourth-order valence-electron chi connectivity index (χ4n) is 5.77. The molecule has 208 valence electrons. The number of alkyl halides is 1. The molecule has 5 nitrogen and oxygen atoms in total. The number of nitrogens with one attached hydrogen (secondary N) is 1. The zero-order valence-electron chi connectivity index (χ0n) is 22.0. The van der Waals surface area contributed by atoms with Gasteiger partial charge in [0.05, 0.1) is 13.2 Å². The van der Waals surface area contributed by atoms with Gasteiger partial charge < -0.3 is 14.8 Å². The summed E-state index contributed by atoms with van der Waals surface area (Å²) in [5.41, 5.74) is 2.51. The number of morpholine rings is 1. The fourth-order valence-corrected chi connectivity index (χ4v) is 6.38. The fraction of sp³-hybridized carbons (Fsp3) is 0.452. The Bertz CT molecular complexity index is 1280. The number of rotatable bonds is 10. The molecular formula is C31H35Cl2FN2O3. The Hall–Kier alpha value is -2.38. The lowest BCUT2D eigenvalue weighted by Gasteiger charge is -2.26. The predicted octanol–water partition coefficient (Wildman–Crippen LogP) is 6.65. The van der Waals surface area contributed by atoms with E-state index in [1.807, 2.05) is 42.5 Å². The molecule has 3 atom stereocenters. The molecule has 5 rings (SSSR count). The van der Waals surface area contributed by atoms with E-state index in [-0.39, 0.29) is 35.4 Å². The van der Waals surface area contributed by atoms with Crippen molar-refractivity contribution in [1.29, 1.82) is 0 Å². The lowest BCUT2D eigenvalue weighted by Crippen LogP contribution is -2.38. The molecule has 0 radical (unpaired) electrons. The number of carbonyl (C=O) groups excluding carboxylic acids is 1. The summed E-state index contributed by atoms with van der Waals surface area (Å²) in [6.07, 6.45) is 2.28. The van der Waals surface area contributed by atoms with Crippen molar-refractivity contribution in [3.8, 4) is 0 Å². The van der Waals surface area contributed by atoms with Gasteiger partial charge in [0, 0.05) is 59.5 Å². The van der Waals surface area contributed by atoms with Crippen LogP contribution in [0.5, 0.6) is 0 Å². The molecule has 1 unspecified atom stereocenters. The Morgan fingerprint density at radius 3 is 2.67 bits per heavy atom. The lowest BCUT2D eigenvalue weighted by molar-refractivity contribution is -0.144. The molecule has 1 saturated carbocycles. The number of ether oxygens (including phenoxy) is 2. The van der Waals surface area contributed by atoms with Crippen LogP contribution in [0.3, 0.4) is 0 Å². The third kappa shape index (κ3) is 7.04. The van der Waals surface area contributed by atoms with Gasteiger partial charge >= 0.3 is 5.97 Å². The molecule has 0 aromatic heterocycles. The minimum absolute atomic E-state index is 0.0102. The highest BCUT2D eigenvalue weighted by molar-refractivity contribution is 6.36. The van der Waals surface area contributed by atoms with Crippen LogP contribution in [0.15, 0.2) is 54.6 Å². The van der Waals surface area contributed by atoms with Crippen molar-refractivity contribution in [2.24, 2.45) is 5.92 Å². The first kappa shape index (κ1) is 28.2. The van der Waals surface area contributed by atoms with E-state index in [9.17, 15) is 4.79 Å². The van der Waals surface area contributed by atoms with Gasteiger partial charge in [-0.2, -0.15) is 0 Å². The zero-order valence-corrected chi connectivity index (χ0v) is 23.5. The van der Waals surface area contributed by atoms with Crippen LogP contribution in [-0.4, -0.2) is 62.2 Å². The standard InChI is InChI=1S/C31H35Cl2FN2O3/c32-27-10-11-30(25-4-2-1-3-24(25)27)35-20-26-23(8-9-28(26)33)22-6-5-21(29(34)19-22)7-12-31(37)39-18-15-36-13-16-38-17-14-36/h1-6,10-11,19,23,26,28,35H,7-9,12-18,20H2/t23-,26-,28?/m1/s1. The second-order valence-corrected chi connectivity index (χ2v) is 11.4. The first-order chi connectivity index (χ1) is 19.0. The molecule has 1 aliphatic heterocycles. The van der Waals surface area contributed by atoms with Crippen molar-refractivity contribution in [3.63, 3.8) is 0 Å². The number of hydrogen-bond donors (Lipinski definition) is 1. The Labute approximate surface area is 239 Å². The summed E-state index contributed by atoms with van der Waals surface area (Å²) in [7, 11) is 0. The number of benzene rings is 3. The molecule has 8 heteroatoms. The van der Waals surface area contributed by atoms with Crippen LogP contribution in [0.2, 0.25) is 5.02 Å². The van der Waals surface area contributed by atoms with Crippen LogP contribution in [0, 0.1) is 11.7 Å². The Balaban J connectivity index is 1.16. The van der Waals surface area contributed by atoms with Gasteiger partial charge in [0.15, 0.2) is 0 Å². The van der Waals surface area contributed by atoms with Gasteiger partial charge in [0.25, 0.3) is 0 Å². The molecule has 1 saturated heterocycles. The zero-order chi connectivity index (χ0) is 27.2. The minimum atomic E-state index is -0.298. The van der Waals surface area contributed by atoms with Crippen LogP contribution in [-0.2, 0) is 20.7 Å². The largest absolute Gasteiger partial charge is 0.464 e. The first-order valence-corrected chi connectivity index (χ1v) is 14.6. The van der Waals surface area contributed by atoms with E-state index in [0.29, 0.717) is 44.9 Å². The molecular weight excluding hydrogens is 538 g/mol. The van der Waals surface area contributed by atoms with Crippen LogP contribution >= 0.6 is 23.2 Å². The summed E-state index contributed by atoms with van der Waals surface area (Å²) in [5.74, 6) is -0.254. The topological polar surface area (TPSA) is 50.8 Å². The number of aryl methyl sites for hydroxylation is 1. The van der Waals surface area contributed by atoms with Crippen molar-refractivity contribution >= 4 is 45.6 Å². The number of esters is 1. The van der Waals surface area contributed by atoms with Crippen LogP contribution in [0.1, 0.15) is 36.3 Å². The number of carbonyl (C=O) groups is 1.